The molecule has 15 fully saturated rings. The summed E-state index contributed by atoms with van der Waals surface area (Å²) in [5.41, 5.74) is 0. The van der Waals surface area contributed by atoms with Crippen LogP contribution in [0.1, 0.15) is 110 Å². The van der Waals surface area contributed by atoms with E-state index in [2.05, 4.69) is 16.4 Å². The smallest absolute Gasteiger partial charge is 0.335 e. The van der Waals surface area contributed by atoms with Gasteiger partial charge < -0.3 is 71.1 Å². The lowest BCUT2D eigenvalue weighted by Gasteiger charge is -2.25. The van der Waals surface area contributed by atoms with E-state index in [1.807, 2.05) is 0 Å². The molecular weight excluding hydrogens is 1260 g/mol. The molecule has 0 spiro atoms. The summed E-state index contributed by atoms with van der Waals surface area (Å²) in [6, 6.07) is 5.28. The van der Waals surface area contributed by atoms with Crippen LogP contribution in [0.4, 0.5) is 0 Å². The van der Waals surface area contributed by atoms with E-state index in [1.54, 1.807) is 0 Å². The van der Waals surface area contributed by atoms with E-state index in [0.29, 0.717) is 56.5 Å². The SMILES string of the molecule is CCCC[SiH3].O=C1CCCCO1.O=C1OC2C(OCCC[SiH3])C3CC1C2O3.O=C1OC2C(OC[SiH3])C3CC1C2O3.O=C1OC2C3CC(CC13)C2OCCC[SiH3].O=C1OC2C3CC(CC13)C2OC[SiH3].O=C1OCCC1OCCC[SiH3].O=C1OCCC1OC[SiH3]. The third-order valence-electron chi connectivity index (χ3n) is 19.4. The molecule has 0 radical (unpaired) electrons. The molecule has 0 aromatic carbocycles. The van der Waals surface area contributed by atoms with Crippen molar-refractivity contribution >= 4 is 113 Å². The fourth-order valence-corrected chi connectivity index (χ4v) is 17.8. The predicted octanol–water partition coefficient (Wildman–Crippen LogP) is -3.51. The van der Waals surface area contributed by atoms with E-state index in [4.69, 9.17) is 61.6 Å². The molecule has 11 heterocycles. The first kappa shape index (κ1) is 71.3. The Hall–Kier alpha value is -2.51. The monoisotopic (exact) mass is 1360 g/mol. The molecule has 4 aliphatic carbocycles. The largest absolute Gasteiger partial charge is 0.466 e. The molecule has 22 unspecified atom stereocenters. The van der Waals surface area contributed by atoms with Crippen molar-refractivity contribution in [3.05, 3.63) is 0 Å². The second kappa shape index (κ2) is 35.7. The van der Waals surface area contributed by atoms with Crippen molar-refractivity contribution < 1.29 is 105 Å². The molecule has 8 bridgehead atoms. The molecule has 22 atom stereocenters. The van der Waals surface area contributed by atoms with Crippen LogP contribution in [0.2, 0.25) is 24.2 Å². The van der Waals surface area contributed by atoms with Gasteiger partial charge in [0.25, 0.3) is 0 Å². The predicted molar refractivity (Wildman–Crippen MR) is 344 cm³/mol. The average Bonchev–Trinajstić information content (AvgIpc) is 1.67. The number of carbonyl (C=O) groups excluding carboxylic acids is 7. The zero-order chi connectivity index (χ0) is 62.9. The third kappa shape index (κ3) is 17.6. The van der Waals surface area contributed by atoms with E-state index >= 15 is 0 Å². The highest BCUT2D eigenvalue weighted by atomic mass is 28.2. The van der Waals surface area contributed by atoms with Crippen LogP contribution in [0, 0.1) is 47.3 Å². The van der Waals surface area contributed by atoms with E-state index in [0.717, 1.165) is 140 Å². The van der Waals surface area contributed by atoms with Gasteiger partial charge in [-0.05, 0) is 82.5 Å². The zero-order valence-electron chi connectivity index (χ0n) is 53.7. The molecule has 500 valence electrons. The maximum Gasteiger partial charge on any atom is 0.335 e. The van der Waals surface area contributed by atoms with Gasteiger partial charge in [0.05, 0.1) is 67.9 Å². The normalized spacial score (nSPS) is 39.0. The van der Waals surface area contributed by atoms with Crippen molar-refractivity contribution in [1.29, 1.82) is 0 Å². The second-order valence-electron chi connectivity index (χ2n) is 25.4. The molecule has 0 amide bonds. The van der Waals surface area contributed by atoms with E-state index in [9.17, 15) is 33.6 Å². The fraction of sp³-hybridized carbons (Fsp3) is 0.881. The highest BCUT2D eigenvalue weighted by Crippen LogP contribution is 2.57. The lowest BCUT2D eigenvalue weighted by molar-refractivity contribution is -0.148. The number of hydrogen-bond acceptors (Lipinski definition) is 22. The number of esters is 7. The van der Waals surface area contributed by atoms with Crippen LogP contribution in [0.5, 0.6) is 0 Å². The number of ether oxygens (including phenoxy) is 15. The molecule has 15 aliphatic rings. The number of carbonyl (C=O) groups is 7. The molecule has 11 saturated heterocycles. The first-order chi connectivity index (χ1) is 42.7. The summed E-state index contributed by atoms with van der Waals surface area (Å²) in [7, 11) is 8.17. The van der Waals surface area contributed by atoms with Gasteiger partial charge in [0.15, 0.2) is 24.4 Å². The van der Waals surface area contributed by atoms with Gasteiger partial charge in [-0.2, -0.15) is 0 Å². The van der Waals surface area contributed by atoms with Crippen LogP contribution in [-0.4, -0.2) is 257 Å². The van der Waals surface area contributed by atoms with Crippen molar-refractivity contribution in [2.24, 2.45) is 47.3 Å². The number of rotatable bonds is 20. The van der Waals surface area contributed by atoms with Crippen LogP contribution in [0.15, 0.2) is 0 Å². The highest BCUT2D eigenvalue weighted by Gasteiger charge is 2.66. The number of fused-ring (bicyclic) bond motifs is 4. The van der Waals surface area contributed by atoms with E-state index in [1.165, 1.54) is 84.4 Å². The Morgan fingerprint density at radius 3 is 1.22 bits per heavy atom. The molecular formula is C59H104O22Si7. The van der Waals surface area contributed by atoms with Crippen LogP contribution in [0.3, 0.4) is 0 Å². The lowest BCUT2D eigenvalue weighted by Crippen LogP contribution is -2.38. The van der Waals surface area contributed by atoms with Crippen LogP contribution >= 0.6 is 0 Å². The van der Waals surface area contributed by atoms with Gasteiger partial charge in [-0.1, -0.05) is 43.9 Å². The summed E-state index contributed by atoms with van der Waals surface area (Å²) >= 11 is 0. The van der Waals surface area contributed by atoms with Crippen molar-refractivity contribution in [2.75, 3.05) is 58.3 Å². The Bertz CT molecular complexity index is 2160. The Labute approximate surface area is 540 Å². The quantitative estimate of drug-likeness (QED) is 0.0496. The van der Waals surface area contributed by atoms with Gasteiger partial charge in [-0.15, -0.1) is 0 Å². The highest BCUT2D eigenvalue weighted by molar-refractivity contribution is 6.09. The summed E-state index contributed by atoms with van der Waals surface area (Å²) < 4.78 is 80.1. The van der Waals surface area contributed by atoms with Crippen molar-refractivity contribution in [3.63, 3.8) is 0 Å². The third-order valence-corrected chi connectivity index (χ3v) is 23.3. The van der Waals surface area contributed by atoms with Gasteiger partial charge >= 0.3 is 41.8 Å². The minimum Gasteiger partial charge on any atom is -0.466 e. The first-order valence-electron chi connectivity index (χ1n) is 34.0. The maximum absolute atomic E-state index is 11.5. The van der Waals surface area contributed by atoms with Gasteiger partial charge in [0.1, 0.15) is 36.6 Å². The average molecular weight is 1360 g/mol. The molecule has 0 aromatic rings. The number of unbranched alkanes of at least 4 members (excludes halogenated alkanes) is 1. The topological polar surface area (TPSA) is 258 Å². The Kier molecular flexibility index (Phi) is 28.9. The first-order valence-corrected chi connectivity index (χ1v) is 43.9. The lowest BCUT2D eigenvalue weighted by atomic mass is 9.88. The summed E-state index contributed by atoms with van der Waals surface area (Å²) in [5.74, 6) is 2.15. The Balaban J connectivity index is 0.000000133. The van der Waals surface area contributed by atoms with Crippen molar-refractivity contribution in [2.45, 2.75) is 219 Å². The minimum atomic E-state index is -0.261. The molecule has 15 rings (SSSR count). The number of cyclic esters (lactones) is 3. The molecule has 0 N–H and O–H groups in total. The summed E-state index contributed by atoms with van der Waals surface area (Å²) in [5, 5.41) is 0. The molecule has 4 saturated carbocycles. The van der Waals surface area contributed by atoms with Crippen molar-refractivity contribution in [1.82, 2.24) is 0 Å². The minimum absolute atomic E-state index is 0.00145. The standard InChI is InChI=1S/C11H18O3Si.C10H16O4Si.C9H14O3Si.C8H12O4Si.C7H14O3Si.C5H10O3Si.C5H8O2.C4H12Si/c12-11-8-5-6-4-7(8)10(14-11)9(6)13-2-1-3-15;11-10-5-4-6-8(12-2-1-3-15)9(14-10)7(5)13-6;10-9-6-2-4-1-5(6)8(12-9)7(4)11-3-13;9-8-3-1-4-6(10-2-13)7(12-8)5(3)11-4;8-7-6(2-4-10-7)9-3-1-5-11;6-5-4(8-3-9)1-2-7-5;6-5-3-1-2-4-7-5;1-2-3-4-5/h6-10H,1-5H2,15H3;5-9H,1-4H2,15H3;4-8H,1-3H2,13H3;3-7H,1-2H2,13H3;6H,1-5H2,11H3;4H,1-3H2,9H3;1-4H2;2-4H2,1,5H3. The molecule has 11 aliphatic heterocycles. The molecule has 22 nitrogen and oxygen atoms in total. The molecule has 0 aromatic heterocycles. The van der Waals surface area contributed by atoms with Gasteiger partial charge in [-0.3, -0.25) is 24.0 Å². The Morgan fingerprint density at radius 2 is 0.818 bits per heavy atom. The van der Waals surface area contributed by atoms with E-state index < -0.39 is 0 Å². The van der Waals surface area contributed by atoms with Crippen LogP contribution < -0.4 is 0 Å². The van der Waals surface area contributed by atoms with Gasteiger partial charge in [0, 0.05) is 141 Å². The molecule has 29 heteroatoms. The summed E-state index contributed by atoms with van der Waals surface area (Å²) in [4.78, 5) is 77.3. The van der Waals surface area contributed by atoms with Gasteiger partial charge in [-0.25, -0.2) is 9.59 Å². The fourth-order valence-electron chi connectivity index (χ4n) is 15.1. The van der Waals surface area contributed by atoms with Crippen LogP contribution in [0.25, 0.3) is 0 Å². The Morgan fingerprint density at radius 1 is 0.398 bits per heavy atom. The number of hydrogen-bond donors (Lipinski definition) is 0. The van der Waals surface area contributed by atoms with Gasteiger partial charge in [0.2, 0.25) is 0 Å². The maximum atomic E-state index is 11.5. The summed E-state index contributed by atoms with van der Waals surface area (Å²) in [6.45, 7) is 6.28. The van der Waals surface area contributed by atoms with Crippen molar-refractivity contribution in [3.8, 4) is 0 Å². The zero-order valence-corrected chi connectivity index (χ0v) is 67.7. The summed E-state index contributed by atoms with van der Waals surface area (Å²) in [6.07, 6.45) is 18.9. The van der Waals surface area contributed by atoms with Crippen LogP contribution in [-0.2, 0) is 105 Å². The second-order valence-corrected chi connectivity index (χ2v) is 31.1. The van der Waals surface area contributed by atoms with E-state index in [-0.39, 0.29) is 151 Å². The molecule has 88 heavy (non-hydrogen) atoms.